The van der Waals surface area contributed by atoms with Crippen LogP contribution in [0.1, 0.15) is 23.6 Å². The summed E-state index contributed by atoms with van der Waals surface area (Å²) in [5.41, 5.74) is 3.78. The fraction of sp³-hybridized carbons (Fsp3) is 0.294. The lowest BCUT2D eigenvalue weighted by Gasteiger charge is -2.10. The molecule has 0 saturated carbocycles. The smallest absolute Gasteiger partial charge is 0.127 e. The Morgan fingerprint density at radius 1 is 1.00 bits per heavy atom. The minimum atomic E-state index is 0.888. The van der Waals surface area contributed by atoms with Crippen molar-refractivity contribution in [3.05, 3.63) is 59.2 Å². The number of aryl methyl sites for hydroxylation is 2. The van der Waals surface area contributed by atoms with Crippen molar-refractivity contribution in [1.82, 2.24) is 5.32 Å². The first-order valence-corrected chi connectivity index (χ1v) is 6.74. The highest BCUT2D eigenvalue weighted by molar-refractivity contribution is 5.38. The summed E-state index contributed by atoms with van der Waals surface area (Å²) in [6.45, 7) is 8.20. The first-order chi connectivity index (χ1) is 9.19. The maximum absolute atomic E-state index is 5.88. The van der Waals surface area contributed by atoms with Crippen LogP contribution in [0.4, 0.5) is 0 Å². The number of nitrogens with one attached hydrogen (secondary N) is 1. The number of hydrogen-bond acceptors (Lipinski definition) is 2. The molecule has 0 radical (unpaired) electrons. The van der Waals surface area contributed by atoms with Crippen LogP contribution in [0.3, 0.4) is 0 Å². The van der Waals surface area contributed by atoms with Gasteiger partial charge in [-0.05, 0) is 61.3 Å². The zero-order valence-corrected chi connectivity index (χ0v) is 11.9. The molecule has 2 heteroatoms. The minimum absolute atomic E-state index is 0.888. The van der Waals surface area contributed by atoms with Crippen LogP contribution in [0.5, 0.6) is 11.5 Å². The third-order valence-electron chi connectivity index (χ3n) is 3.10. The van der Waals surface area contributed by atoms with Gasteiger partial charge in [-0.3, -0.25) is 0 Å². The Kier molecular flexibility index (Phi) is 4.58. The van der Waals surface area contributed by atoms with Crippen LogP contribution in [0.2, 0.25) is 0 Å². The lowest BCUT2D eigenvalue weighted by molar-refractivity contribution is 0.481. The molecule has 2 nitrogen and oxygen atoms in total. The lowest BCUT2D eigenvalue weighted by atomic mass is 10.1. The Hall–Kier alpha value is -1.80. The number of benzene rings is 2. The predicted molar refractivity (Wildman–Crippen MR) is 79.8 cm³/mol. The highest BCUT2D eigenvalue weighted by Gasteiger charge is 2.02. The van der Waals surface area contributed by atoms with Gasteiger partial charge in [0.25, 0.3) is 0 Å². The standard InChI is InChI=1S/C17H21NO/c1-4-18-12-15-8-9-17(11-14(15)3)19-16-7-5-6-13(2)10-16/h5-11,18H,4,12H2,1-3H3. The molecule has 2 aromatic rings. The van der Waals surface area contributed by atoms with E-state index in [0.29, 0.717) is 0 Å². The zero-order chi connectivity index (χ0) is 13.7. The molecule has 19 heavy (non-hydrogen) atoms. The maximum Gasteiger partial charge on any atom is 0.127 e. The summed E-state index contributed by atoms with van der Waals surface area (Å²) >= 11 is 0. The molecule has 100 valence electrons. The Bertz CT molecular complexity index is 549. The Morgan fingerprint density at radius 2 is 1.79 bits per heavy atom. The summed E-state index contributed by atoms with van der Waals surface area (Å²) in [6.07, 6.45) is 0. The van der Waals surface area contributed by atoms with E-state index in [1.165, 1.54) is 16.7 Å². The second-order valence-electron chi connectivity index (χ2n) is 4.79. The molecule has 2 aromatic carbocycles. The number of hydrogen-bond donors (Lipinski definition) is 1. The lowest BCUT2D eigenvalue weighted by Crippen LogP contribution is -2.12. The van der Waals surface area contributed by atoms with Crippen LogP contribution < -0.4 is 10.1 Å². The Balaban J connectivity index is 2.11. The van der Waals surface area contributed by atoms with E-state index < -0.39 is 0 Å². The molecule has 0 amide bonds. The Morgan fingerprint density at radius 3 is 2.47 bits per heavy atom. The van der Waals surface area contributed by atoms with Crippen LogP contribution in [-0.2, 0) is 6.54 Å². The molecule has 0 aromatic heterocycles. The average Bonchev–Trinajstić information content (AvgIpc) is 2.38. The first-order valence-electron chi connectivity index (χ1n) is 6.74. The van der Waals surface area contributed by atoms with Crippen LogP contribution in [0.15, 0.2) is 42.5 Å². The first kappa shape index (κ1) is 13.6. The summed E-state index contributed by atoms with van der Waals surface area (Å²) in [4.78, 5) is 0. The van der Waals surface area contributed by atoms with Crippen LogP contribution >= 0.6 is 0 Å². The monoisotopic (exact) mass is 255 g/mol. The fourth-order valence-corrected chi connectivity index (χ4v) is 2.00. The highest BCUT2D eigenvalue weighted by atomic mass is 16.5. The third kappa shape index (κ3) is 3.83. The summed E-state index contributed by atoms with van der Waals surface area (Å²) < 4.78 is 5.88. The summed E-state index contributed by atoms with van der Waals surface area (Å²) in [5, 5.41) is 3.34. The van der Waals surface area contributed by atoms with E-state index >= 15 is 0 Å². The van der Waals surface area contributed by atoms with Gasteiger partial charge in [-0.1, -0.05) is 25.1 Å². The highest BCUT2D eigenvalue weighted by Crippen LogP contribution is 2.24. The van der Waals surface area contributed by atoms with E-state index in [0.717, 1.165) is 24.6 Å². The summed E-state index contributed by atoms with van der Waals surface area (Å²) in [6, 6.07) is 14.4. The van der Waals surface area contributed by atoms with Gasteiger partial charge in [0.15, 0.2) is 0 Å². The van der Waals surface area contributed by atoms with Gasteiger partial charge >= 0.3 is 0 Å². The molecule has 0 bridgehead atoms. The van der Waals surface area contributed by atoms with Gasteiger partial charge in [-0.25, -0.2) is 0 Å². The Labute approximate surface area is 115 Å². The molecule has 1 N–H and O–H groups in total. The van der Waals surface area contributed by atoms with E-state index in [-0.39, 0.29) is 0 Å². The largest absolute Gasteiger partial charge is 0.457 e. The molecule has 0 aliphatic carbocycles. The van der Waals surface area contributed by atoms with Crippen LogP contribution in [0.25, 0.3) is 0 Å². The SMILES string of the molecule is CCNCc1ccc(Oc2cccc(C)c2)cc1C. The van der Waals surface area contributed by atoms with Gasteiger partial charge in [-0.2, -0.15) is 0 Å². The van der Waals surface area contributed by atoms with E-state index in [4.69, 9.17) is 4.74 Å². The van der Waals surface area contributed by atoms with Gasteiger partial charge in [0, 0.05) is 6.54 Å². The number of ether oxygens (including phenoxy) is 1. The molecular weight excluding hydrogens is 234 g/mol. The van der Waals surface area contributed by atoms with Crippen LogP contribution in [-0.4, -0.2) is 6.54 Å². The molecule has 0 fully saturated rings. The second kappa shape index (κ2) is 6.39. The van der Waals surface area contributed by atoms with Crippen molar-refractivity contribution >= 4 is 0 Å². The van der Waals surface area contributed by atoms with E-state index in [1.807, 2.05) is 24.3 Å². The van der Waals surface area contributed by atoms with Crippen molar-refractivity contribution in [2.45, 2.75) is 27.3 Å². The zero-order valence-electron chi connectivity index (χ0n) is 11.9. The van der Waals surface area contributed by atoms with Gasteiger partial charge in [0.2, 0.25) is 0 Å². The van der Waals surface area contributed by atoms with Crippen molar-refractivity contribution in [3.8, 4) is 11.5 Å². The van der Waals surface area contributed by atoms with Gasteiger partial charge < -0.3 is 10.1 Å². The topological polar surface area (TPSA) is 21.3 Å². The van der Waals surface area contributed by atoms with E-state index in [1.54, 1.807) is 0 Å². The molecular formula is C17H21NO. The predicted octanol–water partition coefficient (Wildman–Crippen LogP) is 4.21. The number of rotatable bonds is 5. The maximum atomic E-state index is 5.88. The van der Waals surface area contributed by atoms with Crippen molar-refractivity contribution in [3.63, 3.8) is 0 Å². The molecule has 0 spiro atoms. The van der Waals surface area contributed by atoms with Gasteiger partial charge in [-0.15, -0.1) is 0 Å². The molecule has 0 aliphatic heterocycles. The van der Waals surface area contributed by atoms with Crippen molar-refractivity contribution in [2.75, 3.05) is 6.54 Å². The van der Waals surface area contributed by atoms with Gasteiger partial charge in [0.1, 0.15) is 11.5 Å². The molecule has 0 saturated heterocycles. The van der Waals surface area contributed by atoms with Gasteiger partial charge in [0.05, 0.1) is 0 Å². The van der Waals surface area contributed by atoms with Crippen molar-refractivity contribution in [2.24, 2.45) is 0 Å². The third-order valence-corrected chi connectivity index (χ3v) is 3.10. The van der Waals surface area contributed by atoms with Crippen LogP contribution in [0, 0.1) is 13.8 Å². The van der Waals surface area contributed by atoms with E-state index in [2.05, 4.69) is 44.3 Å². The fourth-order valence-electron chi connectivity index (χ4n) is 2.00. The summed E-state index contributed by atoms with van der Waals surface area (Å²) in [7, 11) is 0. The summed E-state index contributed by atoms with van der Waals surface area (Å²) in [5.74, 6) is 1.78. The minimum Gasteiger partial charge on any atom is -0.457 e. The molecule has 0 aliphatic rings. The molecule has 0 atom stereocenters. The molecule has 0 unspecified atom stereocenters. The normalized spacial score (nSPS) is 10.5. The van der Waals surface area contributed by atoms with Crippen molar-refractivity contribution in [1.29, 1.82) is 0 Å². The van der Waals surface area contributed by atoms with E-state index in [9.17, 15) is 0 Å². The average molecular weight is 255 g/mol. The molecule has 0 heterocycles. The molecule has 2 rings (SSSR count). The quantitative estimate of drug-likeness (QED) is 0.864. The van der Waals surface area contributed by atoms with Crippen molar-refractivity contribution < 1.29 is 4.74 Å². The second-order valence-corrected chi connectivity index (χ2v) is 4.79.